The fourth-order valence-corrected chi connectivity index (χ4v) is 3.16. The van der Waals surface area contributed by atoms with Gasteiger partial charge in [-0.3, -0.25) is 4.90 Å². The third kappa shape index (κ3) is 4.25. The van der Waals surface area contributed by atoms with Gasteiger partial charge in [-0.1, -0.05) is 30.7 Å². The van der Waals surface area contributed by atoms with Crippen LogP contribution < -0.4 is 0 Å². The number of allylic oxidation sites excluding steroid dienone is 4. The summed E-state index contributed by atoms with van der Waals surface area (Å²) in [5.41, 5.74) is 1.53. The molecule has 1 heterocycles. The Morgan fingerprint density at radius 1 is 1.28 bits per heavy atom. The second-order valence-corrected chi connectivity index (χ2v) is 6.04. The van der Waals surface area contributed by atoms with Crippen molar-refractivity contribution in [1.29, 1.82) is 0 Å². The van der Waals surface area contributed by atoms with Crippen LogP contribution in [0, 0.1) is 5.92 Å². The van der Waals surface area contributed by atoms with Crippen LogP contribution in [0.25, 0.3) is 0 Å². The van der Waals surface area contributed by atoms with E-state index >= 15 is 0 Å². The lowest BCUT2D eigenvalue weighted by atomic mass is 9.96. The normalized spacial score (nSPS) is 31.2. The molecule has 0 amide bonds. The summed E-state index contributed by atoms with van der Waals surface area (Å²) in [6, 6.07) is 0. The van der Waals surface area contributed by atoms with Gasteiger partial charge >= 0.3 is 0 Å². The summed E-state index contributed by atoms with van der Waals surface area (Å²) in [6.45, 7) is 10.1. The van der Waals surface area contributed by atoms with E-state index in [0.717, 1.165) is 19.0 Å². The first-order chi connectivity index (χ1) is 8.63. The Bertz CT molecular complexity index is 311. The van der Waals surface area contributed by atoms with Gasteiger partial charge in [0.2, 0.25) is 0 Å². The Balaban J connectivity index is 1.78. The Morgan fingerprint density at radius 3 is 2.61 bits per heavy atom. The minimum Gasteiger partial charge on any atom is -0.373 e. The molecule has 2 nitrogen and oxygen atoms in total. The molecule has 0 N–H and O–H groups in total. The molecule has 18 heavy (non-hydrogen) atoms. The van der Waals surface area contributed by atoms with Crippen LogP contribution in [0.5, 0.6) is 0 Å². The van der Waals surface area contributed by atoms with E-state index in [1.165, 1.54) is 31.4 Å². The van der Waals surface area contributed by atoms with E-state index in [4.69, 9.17) is 4.74 Å². The Kier molecular flexibility index (Phi) is 5.02. The highest BCUT2D eigenvalue weighted by Gasteiger charge is 2.23. The van der Waals surface area contributed by atoms with E-state index < -0.39 is 0 Å². The molecule has 1 aliphatic heterocycles. The van der Waals surface area contributed by atoms with Crippen molar-refractivity contribution in [3.63, 3.8) is 0 Å². The van der Waals surface area contributed by atoms with Gasteiger partial charge in [0.1, 0.15) is 0 Å². The van der Waals surface area contributed by atoms with Crippen LogP contribution in [-0.2, 0) is 4.74 Å². The van der Waals surface area contributed by atoms with Crippen LogP contribution in [-0.4, -0.2) is 36.7 Å². The zero-order valence-corrected chi connectivity index (χ0v) is 12.1. The first-order valence-electron chi connectivity index (χ1n) is 7.37. The van der Waals surface area contributed by atoms with E-state index in [1.54, 1.807) is 0 Å². The summed E-state index contributed by atoms with van der Waals surface area (Å²) in [7, 11) is 0. The van der Waals surface area contributed by atoms with E-state index in [1.807, 2.05) is 0 Å². The van der Waals surface area contributed by atoms with Gasteiger partial charge in [0.15, 0.2) is 0 Å². The van der Waals surface area contributed by atoms with Gasteiger partial charge in [0, 0.05) is 19.6 Å². The number of morpholine rings is 1. The van der Waals surface area contributed by atoms with E-state index in [-0.39, 0.29) is 0 Å². The quantitative estimate of drug-likeness (QED) is 0.757. The molecule has 2 aliphatic rings. The van der Waals surface area contributed by atoms with Gasteiger partial charge in [-0.25, -0.2) is 0 Å². The predicted octanol–water partition coefficient (Wildman–Crippen LogP) is 3.40. The molecule has 1 fully saturated rings. The minimum absolute atomic E-state index is 0.384. The number of hydrogen-bond acceptors (Lipinski definition) is 2. The zero-order chi connectivity index (χ0) is 13.0. The Labute approximate surface area is 112 Å². The minimum atomic E-state index is 0.384. The first kappa shape index (κ1) is 13.8. The van der Waals surface area contributed by atoms with E-state index in [9.17, 15) is 0 Å². The van der Waals surface area contributed by atoms with Crippen molar-refractivity contribution >= 4 is 0 Å². The van der Waals surface area contributed by atoms with Gasteiger partial charge < -0.3 is 4.74 Å². The molecular formula is C16H27NO. The largest absolute Gasteiger partial charge is 0.373 e. The highest BCUT2D eigenvalue weighted by atomic mass is 16.5. The fraction of sp³-hybridized carbons (Fsp3) is 0.750. The summed E-state index contributed by atoms with van der Waals surface area (Å²) in [6.07, 6.45) is 11.5. The third-order valence-electron chi connectivity index (χ3n) is 3.72. The van der Waals surface area contributed by atoms with Gasteiger partial charge in [-0.15, -0.1) is 0 Å². The molecule has 2 heteroatoms. The smallest absolute Gasteiger partial charge is 0.0678 e. The van der Waals surface area contributed by atoms with Crippen molar-refractivity contribution < 1.29 is 4.74 Å². The first-order valence-corrected chi connectivity index (χ1v) is 7.37. The molecule has 0 aromatic carbocycles. The van der Waals surface area contributed by atoms with Crippen LogP contribution in [0.15, 0.2) is 23.8 Å². The molecule has 102 valence electrons. The molecule has 3 atom stereocenters. The highest BCUT2D eigenvalue weighted by molar-refractivity contribution is 5.22. The monoisotopic (exact) mass is 249 g/mol. The van der Waals surface area contributed by atoms with Crippen molar-refractivity contribution in [3.05, 3.63) is 23.8 Å². The molecule has 1 saturated heterocycles. The molecular weight excluding hydrogens is 222 g/mol. The molecule has 0 saturated carbocycles. The number of hydrogen-bond donors (Lipinski definition) is 0. The van der Waals surface area contributed by atoms with Crippen molar-refractivity contribution in [1.82, 2.24) is 4.90 Å². The lowest BCUT2D eigenvalue weighted by molar-refractivity contribution is -0.0708. The van der Waals surface area contributed by atoms with Gasteiger partial charge in [-0.05, 0) is 39.0 Å². The SMILES string of the molecule is CC(CC1=CCCC=C1)CN1CC(C)O[C@H](C)C1. The average Bonchev–Trinajstić information content (AvgIpc) is 2.28. The van der Waals surface area contributed by atoms with Gasteiger partial charge in [0.05, 0.1) is 12.2 Å². The summed E-state index contributed by atoms with van der Waals surface area (Å²) < 4.78 is 5.78. The van der Waals surface area contributed by atoms with Crippen molar-refractivity contribution in [2.75, 3.05) is 19.6 Å². The highest BCUT2D eigenvalue weighted by Crippen LogP contribution is 2.20. The molecule has 0 aromatic rings. The predicted molar refractivity (Wildman–Crippen MR) is 76.7 cm³/mol. The number of nitrogens with zero attached hydrogens (tertiary/aromatic N) is 1. The zero-order valence-electron chi connectivity index (χ0n) is 12.1. The second kappa shape index (κ2) is 6.53. The van der Waals surface area contributed by atoms with Gasteiger partial charge in [-0.2, -0.15) is 0 Å². The molecule has 0 radical (unpaired) electrons. The Hall–Kier alpha value is -0.600. The molecule has 2 rings (SSSR count). The van der Waals surface area contributed by atoms with Crippen molar-refractivity contribution in [2.24, 2.45) is 5.92 Å². The van der Waals surface area contributed by atoms with Gasteiger partial charge in [0.25, 0.3) is 0 Å². The summed E-state index contributed by atoms with van der Waals surface area (Å²) >= 11 is 0. The standard InChI is InChI=1S/C16H27NO/c1-13(9-16-7-5-4-6-8-16)10-17-11-14(2)18-15(3)12-17/h5,7-8,13-15H,4,6,9-12H2,1-3H3/t13?,14-,15?/m1/s1. The molecule has 0 aromatic heterocycles. The van der Waals surface area contributed by atoms with Crippen LogP contribution in [0.4, 0.5) is 0 Å². The summed E-state index contributed by atoms with van der Waals surface area (Å²) in [4.78, 5) is 2.57. The maximum atomic E-state index is 5.78. The maximum Gasteiger partial charge on any atom is 0.0678 e. The average molecular weight is 249 g/mol. The molecule has 1 aliphatic carbocycles. The summed E-state index contributed by atoms with van der Waals surface area (Å²) in [5.74, 6) is 0.733. The van der Waals surface area contributed by atoms with Crippen LogP contribution in [0.3, 0.4) is 0 Å². The lowest BCUT2D eigenvalue weighted by Gasteiger charge is -2.36. The Morgan fingerprint density at radius 2 is 2.00 bits per heavy atom. The molecule has 0 spiro atoms. The maximum absolute atomic E-state index is 5.78. The fourth-order valence-electron chi connectivity index (χ4n) is 3.16. The van der Waals surface area contributed by atoms with Crippen LogP contribution in [0.2, 0.25) is 0 Å². The van der Waals surface area contributed by atoms with Crippen LogP contribution in [0.1, 0.15) is 40.0 Å². The number of ether oxygens (including phenoxy) is 1. The van der Waals surface area contributed by atoms with Crippen molar-refractivity contribution in [2.45, 2.75) is 52.2 Å². The third-order valence-corrected chi connectivity index (χ3v) is 3.72. The van der Waals surface area contributed by atoms with Crippen molar-refractivity contribution in [3.8, 4) is 0 Å². The van der Waals surface area contributed by atoms with E-state index in [0.29, 0.717) is 12.2 Å². The second-order valence-electron chi connectivity index (χ2n) is 6.04. The molecule has 0 bridgehead atoms. The lowest BCUT2D eigenvalue weighted by Crippen LogP contribution is -2.46. The van der Waals surface area contributed by atoms with Crippen LogP contribution >= 0.6 is 0 Å². The summed E-state index contributed by atoms with van der Waals surface area (Å²) in [5, 5.41) is 0. The molecule has 2 unspecified atom stereocenters. The topological polar surface area (TPSA) is 12.5 Å². The van der Waals surface area contributed by atoms with E-state index in [2.05, 4.69) is 43.9 Å². The number of rotatable bonds is 4.